The summed E-state index contributed by atoms with van der Waals surface area (Å²) in [5.41, 5.74) is 0.566. The highest BCUT2D eigenvalue weighted by atomic mass is 19.3. The molecule has 1 atom stereocenters. The number of alkyl halides is 2. The zero-order chi connectivity index (χ0) is 12.5. The summed E-state index contributed by atoms with van der Waals surface area (Å²) < 4.78 is 41.8. The molecule has 0 bridgehead atoms. The number of morpholine rings is 1. The van der Waals surface area contributed by atoms with Gasteiger partial charge in [-0.15, -0.1) is 0 Å². The van der Waals surface area contributed by atoms with Crippen molar-refractivity contribution < 1.29 is 23.0 Å². The summed E-state index contributed by atoms with van der Waals surface area (Å²) in [5.74, 6) is 0.894. The fourth-order valence-corrected chi connectivity index (χ4v) is 2.19. The number of benzene rings is 1. The maximum absolute atomic E-state index is 12.8. The van der Waals surface area contributed by atoms with Crippen LogP contribution in [0.25, 0.3) is 0 Å². The minimum absolute atomic E-state index is 0.0647. The van der Waals surface area contributed by atoms with Crippen LogP contribution in [0.1, 0.15) is 23.7 Å². The third kappa shape index (κ3) is 2.02. The minimum Gasteiger partial charge on any atom is -0.454 e. The van der Waals surface area contributed by atoms with Gasteiger partial charge in [-0.2, -0.15) is 0 Å². The molecule has 0 spiro atoms. The molecule has 0 amide bonds. The van der Waals surface area contributed by atoms with Crippen molar-refractivity contribution in [3.8, 4) is 11.5 Å². The molecule has 2 aliphatic heterocycles. The first-order valence-corrected chi connectivity index (χ1v) is 5.79. The highest BCUT2D eigenvalue weighted by Gasteiger charge is 2.28. The molecule has 3 rings (SSSR count). The van der Waals surface area contributed by atoms with Crippen LogP contribution in [-0.4, -0.2) is 26.5 Å². The predicted molar refractivity (Wildman–Crippen MR) is 59.1 cm³/mol. The van der Waals surface area contributed by atoms with E-state index in [2.05, 4.69) is 5.32 Å². The van der Waals surface area contributed by atoms with E-state index in [-0.39, 0.29) is 18.5 Å². The van der Waals surface area contributed by atoms with Crippen LogP contribution < -0.4 is 14.8 Å². The van der Waals surface area contributed by atoms with Crippen molar-refractivity contribution in [3.05, 3.63) is 23.3 Å². The second-order valence-corrected chi connectivity index (χ2v) is 4.21. The molecule has 4 nitrogen and oxygen atoms in total. The minimum atomic E-state index is -2.53. The van der Waals surface area contributed by atoms with Crippen LogP contribution in [0.4, 0.5) is 8.78 Å². The quantitative estimate of drug-likeness (QED) is 0.879. The van der Waals surface area contributed by atoms with Crippen molar-refractivity contribution in [2.45, 2.75) is 12.5 Å². The van der Waals surface area contributed by atoms with Crippen LogP contribution in [0.15, 0.2) is 12.1 Å². The largest absolute Gasteiger partial charge is 0.454 e. The van der Waals surface area contributed by atoms with Gasteiger partial charge in [0.25, 0.3) is 6.43 Å². The molecule has 1 aromatic carbocycles. The molecule has 1 fully saturated rings. The van der Waals surface area contributed by atoms with Crippen molar-refractivity contribution >= 4 is 0 Å². The molecule has 1 saturated heterocycles. The molecule has 18 heavy (non-hydrogen) atoms. The van der Waals surface area contributed by atoms with Crippen LogP contribution in [-0.2, 0) is 4.74 Å². The topological polar surface area (TPSA) is 39.7 Å². The smallest absolute Gasteiger partial charge is 0.263 e. The molecule has 6 heteroatoms. The highest BCUT2D eigenvalue weighted by Crippen LogP contribution is 2.42. The third-order valence-electron chi connectivity index (χ3n) is 3.05. The molecule has 1 unspecified atom stereocenters. The summed E-state index contributed by atoms with van der Waals surface area (Å²) in [6.07, 6.45) is -2.80. The van der Waals surface area contributed by atoms with Gasteiger partial charge in [0, 0.05) is 24.2 Å². The van der Waals surface area contributed by atoms with Gasteiger partial charge < -0.3 is 19.5 Å². The van der Waals surface area contributed by atoms with Crippen molar-refractivity contribution in [2.24, 2.45) is 0 Å². The molecule has 2 heterocycles. The van der Waals surface area contributed by atoms with E-state index >= 15 is 0 Å². The van der Waals surface area contributed by atoms with Crippen molar-refractivity contribution in [1.82, 2.24) is 5.32 Å². The van der Waals surface area contributed by atoms with Gasteiger partial charge in [0.05, 0.1) is 12.7 Å². The van der Waals surface area contributed by atoms with Crippen molar-refractivity contribution in [3.63, 3.8) is 0 Å². The Morgan fingerprint density at radius 3 is 2.89 bits per heavy atom. The normalized spacial score (nSPS) is 22.5. The molecule has 1 N–H and O–H groups in total. The fraction of sp³-hybridized carbons (Fsp3) is 0.500. The Morgan fingerprint density at radius 1 is 1.28 bits per heavy atom. The van der Waals surface area contributed by atoms with Crippen LogP contribution >= 0.6 is 0 Å². The molecule has 0 radical (unpaired) electrons. The van der Waals surface area contributed by atoms with Crippen molar-refractivity contribution in [2.75, 3.05) is 26.5 Å². The summed E-state index contributed by atoms with van der Waals surface area (Å²) in [4.78, 5) is 0. The molecule has 0 saturated carbocycles. The number of halogens is 2. The lowest BCUT2D eigenvalue weighted by Crippen LogP contribution is -2.33. The number of hydrogen-bond acceptors (Lipinski definition) is 4. The first-order chi connectivity index (χ1) is 8.75. The Morgan fingerprint density at radius 2 is 2.17 bits per heavy atom. The van der Waals surface area contributed by atoms with Crippen LogP contribution in [0.5, 0.6) is 11.5 Å². The van der Waals surface area contributed by atoms with E-state index in [9.17, 15) is 8.78 Å². The zero-order valence-electron chi connectivity index (χ0n) is 9.62. The summed E-state index contributed by atoms with van der Waals surface area (Å²) in [7, 11) is 0. The average molecular weight is 257 g/mol. The van der Waals surface area contributed by atoms with Gasteiger partial charge in [0.1, 0.15) is 0 Å². The number of hydrogen-bond donors (Lipinski definition) is 1. The van der Waals surface area contributed by atoms with Crippen molar-refractivity contribution in [1.29, 1.82) is 0 Å². The van der Waals surface area contributed by atoms with Gasteiger partial charge in [-0.1, -0.05) is 0 Å². The number of nitrogens with one attached hydrogen (secondary N) is 1. The van der Waals surface area contributed by atoms with Gasteiger partial charge in [0.2, 0.25) is 6.79 Å². The van der Waals surface area contributed by atoms with Gasteiger partial charge >= 0.3 is 0 Å². The van der Waals surface area contributed by atoms with Gasteiger partial charge in [-0.3, -0.25) is 0 Å². The maximum Gasteiger partial charge on any atom is 0.263 e. The van der Waals surface area contributed by atoms with Crippen LogP contribution in [0, 0.1) is 0 Å². The van der Waals surface area contributed by atoms with Crippen LogP contribution in [0.2, 0.25) is 0 Å². The molecular formula is C12H13F2NO3. The summed E-state index contributed by atoms with van der Waals surface area (Å²) in [6, 6.07) is 2.77. The van der Waals surface area contributed by atoms with E-state index in [0.29, 0.717) is 30.2 Å². The third-order valence-corrected chi connectivity index (χ3v) is 3.05. The van der Waals surface area contributed by atoms with Gasteiger partial charge in [0.15, 0.2) is 11.5 Å². The lowest BCUT2D eigenvalue weighted by atomic mass is 10.0. The molecule has 98 valence electrons. The van der Waals surface area contributed by atoms with E-state index < -0.39 is 6.43 Å². The average Bonchev–Trinajstić information content (AvgIpc) is 2.86. The molecular weight excluding hydrogens is 244 g/mol. The lowest BCUT2D eigenvalue weighted by Gasteiger charge is -2.25. The second-order valence-electron chi connectivity index (χ2n) is 4.21. The fourth-order valence-electron chi connectivity index (χ4n) is 2.19. The van der Waals surface area contributed by atoms with E-state index in [4.69, 9.17) is 14.2 Å². The van der Waals surface area contributed by atoms with E-state index in [1.807, 2.05) is 0 Å². The van der Waals surface area contributed by atoms with E-state index in [0.717, 1.165) is 6.54 Å². The Bertz CT molecular complexity index is 447. The Labute approximate surface area is 103 Å². The van der Waals surface area contributed by atoms with Gasteiger partial charge in [-0.25, -0.2) is 8.78 Å². The van der Waals surface area contributed by atoms with E-state index in [1.54, 1.807) is 0 Å². The number of fused-ring (bicyclic) bond motifs is 1. The SMILES string of the molecule is FC(F)c1cc2c(c(C3CNCCO3)c1)OCO2. The first kappa shape index (κ1) is 11.7. The lowest BCUT2D eigenvalue weighted by molar-refractivity contribution is 0.0257. The summed E-state index contributed by atoms with van der Waals surface area (Å²) in [6.45, 7) is 1.97. The summed E-state index contributed by atoms with van der Waals surface area (Å²) in [5, 5.41) is 3.16. The monoisotopic (exact) mass is 257 g/mol. The number of rotatable bonds is 2. The first-order valence-electron chi connectivity index (χ1n) is 5.79. The second kappa shape index (κ2) is 4.70. The molecule has 0 aromatic heterocycles. The molecule has 0 aliphatic carbocycles. The Kier molecular flexibility index (Phi) is 3.05. The zero-order valence-corrected chi connectivity index (χ0v) is 9.62. The predicted octanol–water partition coefficient (Wildman–Crippen LogP) is 2.01. The van der Waals surface area contributed by atoms with E-state index in [1.165, 1.54) is 12.1 Å². The Hall–Kier alpha value is -1.40. The Balaban J connectivity index is 2.00. The molecule has 2 aliphatic rings. The highest BCUT2D eigenvalue weighted by molar-refractivity contribution is 5.52. The van der Waals surface area contributed by atoms with Crippen LogP contribution in [0.3, 0.4) is 0 Å². The number of ether oxygens (including phenoxy) is 3. The molecule has 1 aromatic rings. The standard InChI is InChI=1S/C12H13F2NO3/c13-12(14)7-3-8(10-5-15-1-2-16-10)11-9(4-7)17-6-18-11/h3-4,10,12,15H,1-2,5-6H2. The van der Waals surface area contributed by atoms with Gasteiger partial charge in [-0.05, 0) is 12.1 Å². The maximum atomic E-state index is 12.8. The summed E-state index contributed by atoms with van der Waals surface area (Å²) >= 11 is 0.